The standard InChI is InChI=1S/C15H14N4O.HI/c1-19-9-7-13(8-10-19)11-16-18-15(12-17-20)14-5-3-2-4-6-14;/h2-12H,1H3;1H. The van der Waals surface area contributed by atoms with Gasteiger partial charge in [0.25, 0.3) is 0 Å². The molecule has 0 amide bonds. The topological polar surface area (TPSA) is 61.2 Å². The Labute approximate surface area is 140 Å². The van der Waals surface area contributed by atoms with E-state index in [9.17, 15) is 0 Å². The molecular formula is C15H15IN4O. The van der Waals surface area contributed by atoms with Crippen LogP contribution in [0.4, 0.5) is 0 Å². The number of aryl methyl sites for hydroxylation is 1. The van der Waals surface area contributed by atoms with Crippen molar-refractivity contribution in [2.24, 2.45) is 22.4 Å². The molecule has 2 aromatic rings. The maximum atomic E-state index is 8.68. The molecule has 6 heteroatoms. The van der Waals surface area contributed by atoms with Crippen LogP contribution in [0.5, 0.6) is 0 Å². The second kappa shape index (κ2) is 8.96. The van der Waals surface area contributed by atoms with E-state index in [1.165, 1.54) is 6.21 Å². The molecular weight excluding hydrogens is 379 g/mol. The number of pyridine rings is 1. The average molecular weight is 394 g/mol. The average Bonchev–Trinajstić information content (AvgIpc) is 2.49. The minimum atomic E-state index is 0. The zero-order valence-corrected chi connectivity index (χ0v) is 13.6. The monoisotopic (exact) mass is 394 g/mol. The van der Waals surface area contributed by atoms with E-state index in [2.05, 4.69) is 15.4 Å². The van der Waals surface area contributed by atoms with Gasteiger partial charge in [0, 0.05) is 23.3 Å². The van der Waals surface area contributed by atoms with E-state index in [4.69, 9.17) is 5.21 Å². The number of hydrogen-bond acceptors (Lipinski definition) is 4. The summed E-state index contributed by atoms with van der Waals surface area (Å²) in [6.45, 7) is 0. The maximum absolute atomic E-state index is 8.68. The van der Waals surface area contributed by atoms with Gasteiger partial charge in [-0.05, 0) is 0 Å². The first-order valence-corrected chi connectivity index (χ1v) is 6.09. The number of halogens is 1. The van der Waals surface area contributed by atoms with Crippen LogP contribution in [0, 0.1) is 0 Å². The molecule has 0 unspecified atom stereocenters. The molecule has 1 aromatic heterocycles. The Morgan fingerprint density at radius 3 is 2.38 bits per heavy atom. The highest BCUT2D eigenvalue weighted by Gasteiger charge is 1.99. The maximum Gasteiger partial charge on any atom is 0.169 e. The van der Waals surface area contributed by atoms with E-state index < -0.39 is 0 Å². The Kier molecular flexibility index (Phi) is 7.24. The lowest BCUT2D eigenvalue weighted by molar-refractivity contribution is -0.671. The number of aromatic nitrogens is 1. The highest BCUT2D eigenvalue weighted by Crippen LogP contribution is 2.00. The van der Waals surface area contributed by atoms with Crippen LogP contribution in [0.1, 0.15) is 11.1 Å². The van der Waals surface area contributed by atoms with E-state index in [1.807, 2.05) is 66.5 Å². The van der Waals surface area contributed by atoms with E-state index in [0.717, 1.165) is 11.1 Å². The third-order valence-electron chi connectivity index (χ3n) is 2.63. The number of nitrogens with zero attached hydrogens (tertiary/aromatic N) is 4. The predicted octanol–water partition coefficient (Wildman–Crippen LogP) is -1.20. The van der Waals surface area contributed by atoms with Crippen molar-refractivity contribution in [1.29, 1.82) is 0 Å². The number of oxime groups is 1. The Morgan fingerprint density at radius 2 is 1.76 bits per heavy atom. The van der Waals surface area contributed by atoms with Gasteiger partial charge in [0.2, 0.25) is 0 Å². The fourth-order valence-electron chi connectivity index (χ4n) is 1.58. The van der Waals surface area contributed by atoms with Gasteiger partial charge < -0.3 is 29.2 Å². The summed E-state index contributed by atoms with van der Waals surface area (Å²) < 4.78 is 1.94. The van der Waals surface area contributed by atoms with Crippen LogP contribution in [0.25, 0.3) is 0 Å². The summed E-state index contributed by atoms with van der Waals surface area (Å²) in [7, 11) is 1.95. The van der Waals surface area contributed by atoms with Gasteiger partial charge in [-0.1, -0.05) is 35.5 Å². The smallest absolute Gasteiger partial charge is 0.169 e. The van der Waals surface area contributed by atoms with Crippen molar-refractivity contribution < 1.29 is 33.8 Å². The molecule has 0 saturated heterocycles. The van der Waals surface area contributed by atoms with Crippen LogP contribution in [0.3, 0.4) is 0 Å². The fourth-order valence-corrected chi connectivity index (χ4v) is 1.58. The third kappa shape index (κ3) is 5.42. The summed E-state index contributed by atoms with van der Waals surface area (Å²) in [6, 6.07) is 13.3. The Hall–Kier alpha value is -2.09. The lowest BCUT2D eigenvalue weighted by atomic mass is 10.1. The predicted molar refractivity (Wildman–Crippen MR) is 78.5 cm³/mol. The van der Waals surface area contributed by atoms with Crippen molar-refractivity contribution in [1.82, 2.24) is 0 Å². The molecule has 108 valence electrons. The van der Waals surface area contributed by atoms with Crippen LogP contribution in [-0.2, 0) is 7.05 Å². The summed E-state index contributed by atoms with van der Waals surface area (Å²) in [5, 5.41) is 19.8. The molecule has 21 heavy (non-hydrogen) atoms. The van der Waals surface area contributed by atoms with Crippen molar-refractivity contribution >= 4 is 18.1 Å². The number of hydrogen-bond donors (Lipinski definition) is 1. The minimum Gasteiger partial charge on any atom is -1.00 e. The van der Waals surface area contributed by atoms with Crippen LogP contribution >= 0.6 is 0 Å². The second-order valence-corrected chi connectivity index (χ2v) is 4.14. The highest BCUT2D eigenvalue weighted by molar-refractivity contribution is 6.38. The quantitative estimate of drug-likeness (QED) is 0.229. The number of rotatable bonds is 4. The van der Waals surface area contributed by atoms with Crippen molar-refractivity contribution in [2.75, 3.05) is 0 Å². The van der Waals surface area contributed by atoms with Gasteiger partial charge in [0.05, 0.1) is 12.4 Å². The molecule has 2 rings (SSSR count). The van der Waals surface area contributed by atoms with Gasteiger partial charge in [-0.2, -0.15) is 5.10 Å². The Bertz CT molecular complexity index is 636. The molecule has 0 aliphatic heterocycles. The van der Waals surface area contributed by atoms with Gasteiger partial charge in [-0.25, -0.2) is 4.57 Å². The van der Waals surface area contributed by atoms with Gasteiger partial charge in [0.1, 0.15) is 12.8 Å². The van der Waals surface area contributed by atoms with E-state index in [0.29, 0.717) is 5.71 Å². The van der Waals surface area contributed by atoms with Crippen molar-refractivity contribution in [3.8, 4) is 0 Å². The molecule has 1 aromatic carbocycles. The molecule has 1 heterocycles. The van der Waals surface area contributed by atoms with Gasteiger partial charge in [-0.3, -0.25) is 0 Å². The first kappa shape index (κ1) is 17.0. The molecule has 0 bridgehead atoms. The van der Waals surface area contributed by atoms with Gasteiger partial charge >= 0.3 is 0 Å². The lowest BCUT2D eigenvalue weighted by Gasteiger charge is -1.97. The zero-order chi connectivity index (χ0) is 14.2. The summed E-state index contributed by atoms with van der Waals surface area (Å²) in [4.78, 5) is 0. The summed E-state index contributed by atoms with van der Waals surface area (Å²) >= 11 is 0. The molecule has 0 aliphatic carbocycles. The number of benzene rings is 1. The fraction of sp³-hybridized carbons (Fsp3) is 0.0667. The highest BCUT2D eigenvalue weighted by atomic mass is 127. The third-order valence-corrected chi connectivity index (χ3v) is 2.63. The first-order valence-electron chi connectivity index (χ1n) is 6.09. The zero-order valence-electron chi connectivity index (χ0n) is 11.5. The molecule has 0 fully saturated rings. The molecule has 0 atom stereocenters. The van der Waals surface area contributed by atoms with Crippen molar-refractivity contribution in [2.45, 2.75) is 0 Å². The largest absolute Gasteiger partial charge is 1.00 e. The minimum absolute atomic E-state index is 0. The second-order valence-electron chi connectivity index (χ2n) is 4.14. The Morgan fingerprint density at radius 1 is 1.10 bits per heavy atom. The molecule has 5 nitrogen and oxygen atoms in total. The molecule has 0 radical (unpaired) electrons. The van der Waals surface area contributed by atoms with E-state index >= 15 is 0 Å². The summed E-state index contributed by atoms with van der Waals surface area (Å²) in [5.74, 6) is 0. The van der Waals surface area contributed by atoms with Gasteiger partial charge in [-0.15, -0.1) is 5.10 Å². The Balaban J connectivity index is 0.00000220. The van der Waals surface area contributed by atoms with Crippen LogP contribution in [0.15, 0.2) is 70.2 Å². The lowest BCUT2D eigenvalue weighted by Crippen LogP contribution is -3.00. The van der Waals surface area contributed by atoms with Crippen molar-refractivity contribution in [3.63, 3.8) is 0 Å². The first-order chi connectivity index (χ1) is 9.79. The molecule has 0 aliphatic rings. The SMILES string of the molecule is C[n+]1ccc(\C=N/N=C(\C=N\O)c2ccccc2)cc1.[I-]. The van der Waals surface area contributed by atoms with Crippen molar-refractivity contribution in [3.05, 3.63) is 66.0 Å². The van der Waals surface area contributed by atoms with Crippen LogP contribution in [0.2, 0.25) is 0 Å². The summed E-state index contributed by atoms with van der Waals surface area (Å²) in [5.41, 5.74) is 2.27. The van der Waals surface area contributed by atoms with Crippen LogP contribution in [-0.4, -0.2) is 23.3 Å². The van der Waals surface area contributed by atoms with E-state index in [1.54, 1.807) is 6.21 Å². The summed E-state index contributed by atoms with van der Waals surface area (Å²) in [6.07, 6.45) is 6.77. The molecule has 0 spiro atoms. The molecule has 1 N–H and O–H groups in total. The van der Waals surface area contributed by atoms with Crippen LogP contribution < -0.4 is 28.5 Å². The normalized spacial score (nSPS) is 11.8. The van der Waals surface area contributed by atoms with E-state index in [-0.39, 0.29) is 24.0 Å². The van der Waals surface area contributed by atoms with Gasteiger partial charge in [0.15, 0.2) is 12.4 Å². The molecule has 0 saturated carbocycles.